The monoisotopic (exact) mass is 239 g/mol. The van der Waals surface area contributed by atoms with Gasteiger partial charge in [-0.2, -0.15) is 0 Å². The van der Waals surface area contributed by atoms with Crippen LogP contribution in [0.1, 0.15) is 26.3 Å². The highest BCUT2D eigenvalue weighted by Crippen LogP contribution is 2.28. The third-order valence-corrected chi connectivity index (χ3v) is 2.64. The Hall–Kier alpha value is -1.15. The van der Waals surface area contributed by atoms with E-state index in [9.17, 15) is 4.39 Å². The summed E-state index contributed by atoms with van der Waals surface area (Å²) < 4.78 is 13.2. The number of halogens is 2. The molecule has 0 fully saturated rings. The van der Waals surface area contributed by atoms with E-state index < -0.39 is 0 Å². The molecule has 0 amide bonds. The van der Waals surface area contributed by atoms with Crippen LogP contribution in [0.4, 0.5) is 4.39 Å². The van der Waals surface area contributed by atoms with E-state index in [1.54, 1.807) is 18.5 Å². The molecule has 2 rings (SSSR count). The van der Waals surface area contributed by atoms with Crippen molar-refractivity contribution in [2.24, 2.45) is 0 Å². The summed E-state index contributed by atoms with van der Waals surface area (Å²) in [6.07, 6.45) is 4.22. The Bertz CT molecular complexity index is 483. The van der Waals surface area contributed by atoms with E-state index in [0.717, 1.165) is 22.8 Å². The zero-order valence-corrected chi connectivity index (χ0v) is 10.5. The van der Waals surface area contributed by atoms with E-state index in [2.05, 4.69) is 4.98 Å². The number of fused-ring (bicyclic) bond motifs is 1. The average molecular weight is 240 g/mol. The Balaban J connectivity index is 0.000000606. The molecule has 16 heavy (non-hydrogen) atoms. The molecule has 0 unspecified atom stereocenters. The van der Waals surface area contributed by atoms with Crippen LogP contribution in [-0.4, -0.2) is 4.98 Å². The fraction of sp³-hybridized carbons (Fsp3) is 0.308. The standard InChI is InChI=1S/C11H9ClFN.C2H6/c1-2-7-5-14-6-8-3-4-9(13)11(12)10(7)8;1-2/h3-6H,2H2,1H3;1-2H3. The normalized spacial score (nSPS) is 9.81. The largest absolute Gasteiger partial charge is 0.264 e. The summed E-state index contributed by atoms with van der Waals surface area (Å²) in [5.74, 6) is -0.375. The number of hydrogen-bond acceptors (Lipinski definition) is 1. The van der Waals surface area contributed by atoms with E-state index in [4.69, 9.17) is 11.6 Å². The van der Waals surface area contributed by atoms with Gasteiger partial charge in [-0.15, -0.1) is 0 Å². The first-order chi connectivity index (χ1) is 7.74. The topological polar surface area (TPSA) is 12.9 Å². The first kappa shape index (κ1) is 12.9. The first-order valence-electron chi connectivity index (χ1n) is 5.44. The van der Waals surface area contributed by atoms with Gasteiger partial charge in [0.15, 0.2) is 0 Å². The van der Waals surface area contributed by atoms with Gasteiger partial charge in [0.2, 0.25) is 0 Å². The van der Waals surface area contributed by atoms with Gasteiger partial charge in [0.1, 0.15) is 5.82 Å². The Labute approximate surface area is 100 Å². The van der Waals surface area contributed by atoms with Crippen molar-refractivity contribution in [3.63, 3.8) is 0 Å². The molecule has 1 nitrogen and oxygen atoms in total. The van der Waals surface area contributed by atoms with Crippen molar-refractivity contribution in [1.29, 1.82) is 0 Å². The summed E-state index contributed by atoms with van der Waals surface area (Å²) in [7, 11) is 0. The zero-order valence-electron chi connectivity index (χ0n) is 9.72. The summed E-state index contributed by atoms with van der Waals surface area (Å²) in [6, 6.07) is 3.06. The number of nitrogens with zero attached hydrogens (tertiary/aromatic N) is 1. The van der Waals surface area contributed by atoms with Crippen molar-refractivity contribution in [3.8, 4) is 0 Å². The fourth-order valence-corrected chi connectivity index (χ4v) is 1.83. The Morgan fingerprint density at radius 3 is 2.56 bits per heavy atom. The molecule has 0 N–H and O–H groups in total. The van der Waals surface area contributed by atoms with Crippen molar-refractivity contribution >= 4 is 22.4 Å². The van der Waals surface area contributed by atoms with Crippen molar-refractivity contribution in [3.05, 3.63) is 40.9 Å². The molecule has 0 spiro atoms. The molecule has 0 atom stereocenters. The van der Waals surface area contributed by atoms with E-state index in [1.165, 1.54) is 6.07 Å². The highest BCUT2D eigenvalue weighted by molar-refractivity contribution is 6.35. The van der Waals surface area contributed by atoms with Crippen molar-refractivity contribution in [1.82, 2.24) is 4.98 Å². The van der Waals surface area contributed by atoms with Crippen LogP contribution in [0.2, 0.25) is 5.02 Å². The first-order valence-corrected chi connectivity index (χ1v) is 5.82. The summed E-state index contributed by atoms with van der Waals surface area (Å²) in [6.45, 7) is 6.00. The summed E-state index contributed by atoms with van der Waals surface area (Å²) in [5.41, 5.74) is 0.979. The molecule has 0 bridgehead atoms. The number of pyridine rings is 1. The molecule has 0 aliphatic heterocycles. The lowest BCUT2D eigenvalue weighted by Gasteiger charge is -2.05. The predicted molar refractivity (Wildman–Crippen MR) is 67.4 cm³/mol. The molecule has 86 valence electrons. The van der Waals surface area contributed by atoms with Gasteiger partial charge in [-0.25, -0.2) is 4.39 Å². The van der Waals surface area contributed by atoms with Gasteiger partial charge in [-0.3, -0.25) is 4.98 Å². The quantitative estimate of drug-likeness (QED) is 0.708. The molecule has 2 aromatic rings. The summed E-state index contributed by atoms with van der Waals surface area (Å²) >= 11 is 5.91. The second-order valence-corrected chi connectivity index (χ2v) is 3.49. The van der Waals surface area contributed by atoms with Gasteiger partial charge in [-0.1, -0.05) is 32.4 Å². The number of aromatic nitrogens is 1. The van der Waals surface area contributed by atoms with Gasteiger partial charge in [0, 0.05) is 23.2 Å². The maximum absolute atomic E-state index is 13.2. The number of rotatable bonds is 1. The smallest absolute Gasteiger partial charge is 0.142 e. The highest BCUT2D eigenvalue weighted by atomic mass is 35.5. The number of hydrogen-bond donors (Lipinski definition) is 0. The molecule has 0 saturated heterocycles. The third-order valence-electron chi connectivity index (χ3n) is 2.27. The van der Waals surface area contributed by atoms with Crippen LogP contribution in [0.25, 0.3) is 10.8 Å². The van der Waals surface area contributed by atoms with Crippen LogP contribution in [-0.2, 0) is 6.42 Å². The van der Waals surface area contributed by atoms with E-state index in [0.29, 0.717) is 0 Å². The number of benzene rings is 1. The van der Waals surface area contributed by atoms with E-state index in [1.807, 2.05) is 20.8 Å². The van der Waals surface area contributed by atoms with E-state index in [-0.39, 0.29) is 10.8 Å². The second-order valence-electron chi connectivity index (χ2n) is 3.11. The summed E-state index contributed by atoms with van der Waals surface area (Å²) in [4.78, 5) is 4.07. The summed E-state index contributed by atoms with van der Waals surface area (Å²) in [5, 5.41) is 1.86. The van der Waals surface area contributed by atoms with Gasteiger partial charge in [0.25, 0.3) is 0 Å². The Kier molecular flexibility index (Phi) is 4.69. The molecule has 1 aromatic heterocycles. The Morgan fingerprint density at radius 1 is 1.25 bits per heavy atom. The van der Waals surface area contributed by atoms with Crippen LogP contribution in [0.5, 0.6) is 0 Å². The van der Waals surface area contributed by atoms with Crippen LogP contribution >= 0.6 is 11.6 Å². The zero-order chi connectivity index (χ0) is 12.1. The van der Waals surface area contributed by atoms with Gasteiger partial charge in [-0.05, 0) is 24.1 Å². The van der Waals surface area contributed by atoms with Gasteiger partial charge >= 0.3 is 0 Å². The molecule has 0 saturated carbocycles. The van der Waals surface area contributed by atoms with Crippen LogP contribution in [0.3, 0.4) is 0 Å². The second kappa shape index (κ2) is 5.80. The van der Waals surface area contributed by atoms with Gasteiger partial charge in [0.05, 0.1) is 5.02 Å². The molecular formula is C13H15ClFN. The molecule has 1 heterocycles. The SMILES string of the molecule is CC.CCc1cncc2ccc(F)c(Cl)c12. The van der Waals surface area contributed by atoms with Crippen molar-refractivity contribution < 1.29 is 4.39 Å². The molecule has 3 heteroatoms. The maximum Gasteiger partial charge on any atom is 0.142 e. The maximum atomic E-state index is 13.2. The molecule has 1 aromatic carbocycles. The molecule has 0 aliphatic rings. The van der Waals surface area contributed by atoms with Crippen LogP contribution in [0.15, 0.2) is 24.5 Å². The minimum atomic E-state index is -0.375. The highest BCUT2D eigenvalue weighted by Gasteiger charge is 2.08. The van der Waals surface area contributed by atoms with Crippen LogP contribution < -0.4 is 0 Å². The lowest BCUT2D eigenvalue weighted by atomic mass is 10.1. The predicted octanol–water partition coefficient (Wildman–Crippen LogP) is 4.62. The minimum Gasteiger partial charge on any atom is -0.264 e. The van der Waals surface area contributed by atoms with Crippen LogP contribution in [0, 0.1) is 5.82 Å². The lowest BCUT2D eigenvalue weighted by molar-refractivity contribution is 0.630. The molecule has 0 radical (unpaired) electrons. The van der Waals surface area contributed by atoms with Crippen molar-refractivity contribution in [2.45, 2.75) is 27.2 Å². The van der Waals surface area contributed by atoms with Gasteiger partial charge < -0.3 is 0 Å². The Morgan fingerprint density at radius 2 is 1.94 bits per heavy atom. The third kappa shape index (κ3) is 2.33. The number of aryl methyl sites for hydroxylation is 1. The lowest BCUT2D eigenvalue weighted by Crippen LogP contribution is -1.89. The average Bonchev–Trinajstić information content (AvgIpc) is 2.35. The molecular weight excluding hydrogens is 225 g/mol. The minimum absolute atomic E-state index is 0.196. The van der Waals surface area contributed by atoms with E-state index >= 15 is 0 Å². The molecule has 0 aliphatic carbocycles. The fourth-order valence-electron chi connectivity index (χ4n) is 1.54. The van der Waals surface area contributed by atoms with Crippen molar-refractivity contribution in [2.75, 3.05) is 0 Å².